The van der Waals surface area contributed by atoms with E-state index in [1.807, 2.05) is 25.1 Å². The first-order valence-corrected chi connectivity index (χ1v) is 11.3. The minimum Gasteiger partial charge on any atom is -0.382 e. The number of hydrogen-bond acceptors (Lipinski definition) is 4. The highest BCUT2D eigenvalue weighted by Crippen LogP contribution is 2.32. The van der Waals surface area contributed by atoms with E-state index < -0.39 is 0 Å². The second-order valence-electron chi connectivity index (χ2n) is 8.24. The van der Waals surface area contributed by atoms with Gasteiger partial charge in [0.05, 0.1) is 5.56 Å². The fourth-order valence-corrected chi connectivity index (χ4v) is 3.98. The van der Waals surface area contributed by atoms with Crippen molar-refractivity contribution in [3.05, 3.63) is 59.2 Å². The first-order valence-electron chi connectivity index (χ1n) is 11.3. The van der Waals surface area contributed by atoms with Crippen molar-refractivity contribution in [2.24, 2.45) is 5.92 Å². The molecule has 6 nitrogen and oxygen atoms in total. The predicted molar refractivity (Wildman–Crippen MR) is 122 cm³/mol. The van der Waals surface area contributed by atoms with E-state index in [1.165, 1.54) is 11.1 Å². The van der Waals surface area contributed by atoms with E-state index in [-0.39, 0.29) is 17.7 Å². The van der Waals surface area contributed by atoms with Crippen LogP contribution in [-0.2, 0) is 22.5 Å². The van der Waals surface area contributed by atoms with Gasteiger partial charge in [-0.2, -0.15) is 0 Å². The maximum atomic E-state index is 13.1. The Morgan fingerprint density at radius 1 is 1.13 bits per heavy atom. The summed E-state index contributed by atoms with van der Waals surface area (Å²) in [5.74, 6) is 0.0460. The largest absolute Gasteiger partial charge is 0.382 e. The zero-order valence-corrected chi connectivity index (χ0v) is 18.2. The Morgan fingerprint density at radius 3 is 2.71 bits per heavy atom. The van der Waals surface area contributed by atoms with E-state index >= 15 is 0 Å². The molecule has 2 aromatic carbocycles. The molecule has 1 fully saturated rings. The lowest BCUT2D eigenvalue weighted by Gasteiger charge is -2.32. The quantitative estimate of drug-likeness (QED) is 0.605. The van der Waals surface area contributed by atoms with E-state index in [9.17, 15) is 9.59 Å². The highest BCUT2D eigenvalue weighted by Gasteiger charge is 2.30. The Hall–Kier alpha value is -2.86. The highest BCUT2D eigenvalue weighted by atomic mass is 16.5. The molecule has 6 heteroatoms. The van der Waals surface area contributed by atoms with Crippen LogP contribution in [0.5, 0.6) is 0 Å². The Morgan fingerprint density at radius 2 is 1.94 bits per heavy atom. The summed E-state index contributed by atoms with van der Waals surface area (Å²) in [7, 11) is 0. The van der Waals surface area contributed by atoms with E-state index in [1.54, 1.807) is 0 Å². The Bertz CT molecular complexity index is 939. The van der Waals surface area contributed by atoms with Crippen LogP contribution in [0.4, 0.5) is 11.4 Å². The molecule has 1 heterocycles. The second kappa shape index (κ2) is 9.96. The lowest BCUT2D eigenvalue weighted by atomic mass is 9.98. The normalized spacial score (nSPS) is 15.3. The molecule has 0 unspecified atom stereocenters. The third-order valence-electron chi connectivity index (χ3n) is 5.88. The fourth-order valence-electron chi connectivity index (χ4n) is 3.98. The van der Waals surface area contributed by atoms with Crippen molar-refractivity contribution in [3.8, 4) is 0 Å². The monoisotopic (exact) mass is 421 g/mol. The van der Waals surface area contributed by atoms with Crippen LogP contribution in [-0.4, -0.2) is 38.1 Å². The maximum Gasteiger partial charge on any atom is 0.253 e. The average molecular weight is 422 g/mol. The molecule has 1 aliphatic carbocycles. The van der Waals surface area contributed by atoms with Gasteiger partial charge in [-0.3, -0.25) is 9.59 Å². The number of fused-ring (bicyclic) bond motifs is 1. The zero-order chi connectivity index (χ0) is 21.6. The number of benzene rings is 2. The molecule has 0 spiro atoms. The van der Waals surface area contributed by atoms with Gasteiger partial charge in [-0.25, -0.2) is 0 Å². The van der Waals surface area contributed by atoms with Crippen molar-refractivity contribution < 1.29 is 14.3 Å². The molecule has 0 bridgehead atoms. The number of rotatable bonds is 9. The standard InChI is InChI=1S/C25H31N3O3/c1-2-31-15-5-13-26-25(30)22-16-21(27-24(29)19-8-9-19)10-11-23(22)28-14-12-18-6-3-4-7-20(18)17-28/h3-4,6-7,10-11,16,19H,2,5,8-9,12-15,17H2,1H3,(H,26,30)(H,27,29). The van der Waals surface area contributed by atoms with Crippen LogP contribution in [0.1, 0.15) is 47.7 Å². The summed E-state index contributed by atoms with van der Waals surface area (Å²) in [4.78, 5) is 27.5. The van der Waals surface area contributed by atoms with Crippen LogP contribution >= 0.6 is 0 Å². The van der Waals surface area contributed by atoms with Crippen LogP contribution in [0, 0.1) is 5.92 Å². The summed E-state index contributed by atoms with van der Waals surface area (Å²) in [6.07, 6.45) is 3.62. The minimum atomic E-state index is -0.118. The summed E-state index contributed by atoms with van der Waals surface area (Å²) in [6.45, 7) is 5.45. The van der Waals surface area contributed by atoms with Crippen molar-refractivity contribution >= 4 is 23.2 Å². The molecule has 2 aliphatic rings. The van der Waals surface area contributed by atoms with Gasteiger partial charge < -0.3 is 20.3 Å². The number of anilines is 2. The van der Waals surface area contributed by atoms with Crippen molar-refractivity contribution in [1.29, 1.82) is 0 Å². The zero-order valence-electron chi connectivity index (χ0n) is 18.2. The Balaban J connectivity index is 1.53. The van der Waals surface area contributed by atoms with Gasteiger partial charge in [0.1, 0.15) is 0 Å². The van der Waals surface area contributed by atoms with Gasteiger partial charge in [-0.1, -0.05) is 24.3 Å². The number of hydrogen-bond donors (Lipinski definition) is 2. The number of nitrogens with zero attached hydrogens (tertiary/aromatic N) is 1. The molecule has 4 rings (SSSR count). The topological polar surface area (TPSA) is 70.7 Å². The lowest BCUT2D eigenvalue weighted by molar-refractivity contribution is -0.117. The summed E-state index contributed by atoms with van der Waals surface area (Å²) < 4.78 is 5.36. The van der Waals surface area contributed by atoms with Crippen LogP contribution in [0.15, 0.2) is 42.5 Å². The Kier molecular flexibility index (Phi) is 6.87. The minimum absolute atomic E-state index is 0.0442. The number of carbonyl (C=O) groups excluding carboxylic acids is 2. The second-order valence-corrected chi connectivity index (χ2v) is 8.24. The van der Waals surface area contributed by atoms with E-state index in [2.05, 4.69) is 39.8 Å². The van der Waals surface area contributed by atoms with Gasteiger partial charge in [0.2, 0.25) is 5.91 Å². The van der Waals surface area contributed by atoms with E-state index in [0.29, 0.717) is 31.0 Å². The van der Waals surface area contributed by atoms with Crippen LogP contribution in [0.25, 0.3) is 0 Å². The number of carbonyl (C=O) groups is 2. The summed E-state index contributed by atoms with van der Waals surface area (Å²) in [5.41, 5.74) is 4.85. The van der Waals surface area contributed by atoms with Gasteiger partial charge >= 0.3 is 0 Å². The molecule has 164 valence electrons. The van der Waals surface area contributed by atoms with Gasteiger partial charge in [0.25, 0.3) is 5.91 Å². The number of nitrogens with one attached hydrogen (secondary N) is 2. The molecular weight excluding hydrogens is 390 g/mol. The molecule has 2 aromatic rings. The summed E-state index contributed by atoms with van der Waals surface area (Å²) >= 11 is 0. The smallest absolute Gasteiger partial charge is 0.253 e. The SMILES string of the molecule is CCOCCCNC(=O)c1cc(NC(=O)C2CC2)ccc1N1CCc2ccccc2C1. The molecule has 0 atom stereocenters. The molecule has 1 aliphatic heterocycles. The lowest BCUT2D eigenvalue weighted by Crippen LogP contribution is -2.33. The summed E-state index contributed by atoms with van der Waals surface area (Å²) in [6, 6.07) is 14.1. The fraction of sp³-hybridized carbons (Fsp3) is 0.440. The van der Waals surface area contributed by atoms with Crippen molar-refractivity contribution in [2.45, 2.75) is 39.2 Å². The highest BCUT2D eigenvalue weighted by molar-refractivity contribution is 6.02. The van der Waals surface area contributed by atoms with E-state index in [0.717, 1.165) is 44.5 Å². The van der Waals surface area contributed by atoms with Crippen LogP contribution in [0.3, 0.4) is 0 Å². The number of ether oxygens (including phenoxy) is 1. The van der Waals surface area contributed by atoms with Crippen LogP contribution < -0.4 is 15.5 Å². The third-order valence-corrected chi connectivity index (χ3v) is 5.88. The first kappa shape index (κ1) is 21.4. The molecule has 0 radical (unpaired) electrons. The van der Waals surface area contributed by atoms with Gasteiger partial charge in [0.15, 0.2) is 0 Å². The van der Waals surface area contributed by atoms with Gasteiger partial charge in [-0.05, 0) is 61.9 Å². The molecule has 0 aromatic heterocycles. The average Bonchev–Trinajstić information content (AvgIpc) is 3.64. The van der Waals surface area contributed by atoms with Crippen molar-refractivity contribution in [1.82, 2.24) is 5.32 Å². The molecule has 0 saturated heterocycles. The molecule has 1 saturated carbocycles. The Labute approximate surface area is 184 Å². The van der Waals surface area contributed by atoms with Gasteiger partial charge in [-0.15, -0.1) is 0 Å². The molecule has 2 amide bonds. The molecule has 2 N–H and O–H groups in total. The maximum absolute atomic E-state index is 13.1. The van der Waals surface area contributed by atoms with Crippen LogP contribution in [0.2, 0.25) is 0 Å². The molecule has 31 heavy (non-hydrogen) atoms. The van der Waals surface area contributed by atoms with E-state index in [4.69, 9.17) is 4.74 Å². The predicted octanol–water partition coefficient (Wildman–Crippen LogP) is 3.75. The van der Waals surface area contributed by atoms with Gasteiger partial charge in [0, 0.05) is 50.1 Å². The first-order chi connectivity index (χ1) is 15.2. The third kappa shape index (κ3) is 5.44. The molecular formula is C25H31N3O3. The van der Waals surface area contributed by atoms with Crippen molar-refractivity contribution in [2.75, 3.05) is 36.5 Å². The number of amides is 2. The van der Waals surface area contributed by atoms with Crippen molar-refractivity contribution in [3.63, 3.8) is 0 Å². The summed E-state index contributed by atoms with van der Waals surface area (Å²) in [5, 5.41) is 5.99.